The topological polar surface area (TPSA) is 69.4 Å². The number of carbonyl (C=O) groups excluding carboxylic acids is 1. The van der Waals surface area contributed by atoms with E-state index in [1.165, 1.54) is 5.56 Å². The van der Waals surface area contributed by atoms with Gasteiger partial charge in [0.15, 0.2) is 0 Å². The third-order valence-corrected chi connectivity index (χ3v) is 6.46. The fraction of sp³-hybridized carbons (Fsp3) is 0.400. The molecular weight excluding hydrogens is 404 g/mol. The molecule has 2 aliphatic rings. The van der Waals surface area contributed by atoms with Gasteiger partial charge in [-0.1, -0.05) is 12.1 Å². The normalized spacial score (nSPS) is 19.3. The lowest BCUT2D eigenvalue weighted by Crippen LogP contribution is -2.49. The summed E-state index contributed by atoms with van der Waals surface area (Å²) in [6.07, 6.45) is 5.37. The average Bonchev–Trinajstić information content (AvgIpc) is 3.17. The Bertz CT molecular complexity index is 1270. The molecule has 1 amide bonds. The van der Waals surface area contributed by atoms with Gasteiger partial charge in [0.2, 0.25) is 0 Å². The van der Waals surface area contributed by atoms with Crippen LogP contribution in [0.2, 0.25) is 0 Å². The molecular formula is C25H28N4O3. The SMILES string of the molecule is Cc1cn(-c2ccc3n(c2=O)C[C@@H](C)N(Cc2ccc4c(c2)CCC(C)(C)O4)C3=O)cn1. The minimum absolute atomic E-state index is 0.0984. The number of ether oxygens (including phenoxy) is 1. The van der Waals surface area contributed by atoms with Crippen LogP contribution >= 0.6 is 0 Å². The second-order valence-electron chi connectivity index (χ2n) is 9.53. The fourth-order valence-electron chi connectivity index (χ4n) is 4.63. The van der Waals surface area contributed by atoms with Gasteiger partial charge in [0.1, 0.15) is 22.7 Å². The minimum atomic E-state index is -0.173. The first-order valence-corrected chi connectivity index (χ1v) is 11.1. The molecule has 0 spiro atoms. The number of carbonyl (C=O) groups is 1. The number of amides is 1. The lowest BCUT2D eigenvalue weighted by atomic mass is 9.93. The van der Waals surface area contributed by atoms with E-state index in [-0.39, 0.29) is 23.1 Å². The first kappa shape index (κ1) is 20.5. The monoisotopic (exact) mass is 432 g/mol. The highest BCUT2D eigenvalue weighted by Gasteiger charge is 2.32. The molecule has 0 bridgehead atoms. The van der Waals surface area contributed by atoms with E-state index in [2.05, 4.69) is 24.9 Å². The number of nitrogens with zero attached hydrogens (tertiary/aromatic N) is 4. The lowest BCUT2D eigenvalue weighted by molar-refractivity contribution is 0.0589. The van der Waals surface area contributed by atoms with Crippen molar-refractivity contribution in [2.75, 3.05) is 0 Å². The van der Waals surface area contributed by atoms with E-state index in [4.69, 9.17) is 4.74 Å². The Morgan fingerprint density at radius 3 is 2.75 bits per heavy atom. The summed E-state index contributed by atoms with van der Waals surface area (Å²) >= 11 is 0. The van der Waals surface area contributed by atoms with Crippen LogP contribution < -0.4 is 10.3 Å². The van der Waals surface area contributed by atoms with Crippen LogP contribution in [-0.4, -0.2) is 36.6 Å². The maximum absolute atomic E-state index is 13.3. The summed E-state index contributed by atoms with van der Waals surface area (Å²) in [5, 5.41) is 0. The van der Waals surface area contributed by atoms with Gasteiger partial charge in [-0.3, -0.25) is 9.59 Å². The van der Waals surface area contributed by atoms with Crippen molar-refractivity contribution in [3.05, 3.63) is 75.7 Å². The van der Waals surface area contributed by atoms with Crippen LogP contribution in [-0.2, 0) is 19.5 Å². The molecule has 0 fully saturated rings. The molecule has 5 rings (SSSR count). The van der Waals surface area contributed by atoms with E-state index in [0.717, 1.165) is 29.8 Å². The molecule has 3 aromatic rings. The highest BCUT2D eigenvalue weighted by molar-refractivity contribution is 5.93. The highest BCUT2D eigenvalue weighted by Crippen LogP contribution is 2.34. The maximum atomic E-state index is 13.3. The molecule has 2 aliphatic heterocycles. The third-order valence-electron chi connectivity index (χ3n) is 6.46. The van der Waals surface area contributed by atoms with Gasteiger partial charge >= 0.3 is 0 Å². The van der Waals surface area contributed by atoms with E-state index in [1.54, 1.807) is 27.6 Å². The van der Waals surface area contributed by atoms with Gasteiger partial charge in [0, 0.05) is 25.3 Å². The Morgan fingerprint density at radius 1 is 1.19 bits per heavy atom. The molecule has 0 saturated carbocycles. The van der Waals surface area contributed by atoms with Crippen LogP contribution in [0.15, 0.2) is 47.7 Å². The van der Waals surface area contributed by atoms with E-state index in [0.29, 0.717) is 24.5 Å². The summed E-state index contributed by atoms with van der Waals surface area (Å²) in [6, 6.07) is 9.56. The molecule has 2 aromatic heterocycles. The van der Waals surface area contributed by atoms with Crippen molar-refractivity contribution in [3.8, 4) is 11.4 Å². The summed E-state index contributed by atoms with van der Waals surface area (Å²) in [5.41, 5.74) is 3.72. The maximum Gasteiger partial charge on any atom is 0.275 e. The van der Waals surface area contributed by atoms with Crippen LogP contribution in [0.1, 0.15) is 54.5 Å². The van der Waals surface area contributed by atoms with Crippen molar-refractivity contribution in [2.45, 2.75) is 65.3 Å². The van der Waals surface area contributed by atoms with Gasteiger partial charge in [0.05, 0.1) is 12.0 Å². The van der Waals surface area contributed by atoms with Crippen LogP contribution in [0, 0.1) is 6.92 Å². The number of aromatic nitrogens is 3. The predicted octanol–water partition coefficient (Wildman–Crippen LogP) is 3.49. The number of hydrogen-bond acceptors (Lipinski definition) is 4. The Kier molecular flexibility index (Phi) is 4.73. The molecule has 7 nitrogen and oxygen atoms in total. The molecule has 0 aliphatic carbocycles. The number of hydrogen-bond donors (Lipinski definition) is 0. The predicted molar refractivity (Wildman–Crippen MR) is 121 cm³/mol. The number of pyridine rings is 1. The van der Waals surface area contributed by atoms with Gasteiger partial charge in [-0.25, -0.2) is 4.98 Å². The van der Waals surface area contributed by atoms with Gasteiger partial charge in [-0.15, -0.1) is 0 Å². The molecule has 0 radical (unpaired) electrons. The molecule has 7 heteroatoms. The first-order chi connectivity index (χ1) is 15.2. The number of fused-ring (bicyclic) bond motifs is 2. The van der Waals surface area contributed by atoms with Crippen LogP contribution in [0.4, 0.5) is 0 Å². The number of rotatable bonds is 3. The largest absolute Gasteiger partial charge is 0.488 e. The fourth-order valence-corrected chi connectivity index (χ4v) is 4.63. The Morgan fingerprint density at radius 2 is 2.00 bits per heavy atom. The minimum Gasteiger partial charge on any atom is -0.488 e. The van der Waals surface area contributed by atoms with Crippen LogP contribution in [0.25, 0.3) is 5.69 Å². The number of benzene rings is 1. The number of aryl methyl sites for hydroxylation is 2. The van der Waals surface area contributed by atoms with Crippen molar-refractivity contribution >= 4 is 5.91 Å². The summed E-state index contributed by atoms with van der Waals surface area (Å²) in [6.45, 7) is 9.06. The Balaban J connectivity index is 1.42. The van der Waals surface area contributed by atoms with Crippen molar-refractivity contribution in [1.82, 2.24) is 19.0 Å². The second-order valence-corrected chi connectivity index (χ2v) is 9.53. The molecule has 0 saturated heterocycles. The smallest absolute Gasteiger partial charge is 0.275 e. The van der Waals surface area contributed by atoms with Crippen LogP contribution in [0.3, 0.4) is 0 Å². The van der Waals surface area contributed by atoms with E-state index >= 15 is 0 Å². The Hall–Kier alpha value is -3.35. The molecule has 166 valence electrons. The molecule has 4 heterocycles. The molecule has 0 N–H and O–H groups in total. The standard InChI is InChI=1S/C25H28N4O3/c1-16-12-27(15-26-16)20-6-7-21-24(31)28(17(2)13-29(21)23(20)30)14-18-5-8-22-19(11-18)9-10-25(3,4)32-22/h5-8,11-12,15,17H,9-10,13-14H2,1-4H3/t17-/m1/s1. The molecule has 0 unspecified atom stereocenters. The molecule has 1 atom stereocenters. The summed E-state index contributed by atoms with van der Waals surface area (Å²) in [7, 11) is 0. The molecule has 32 heavy (non-hydrogen) atoms. The van der Waals surface area contributed by atoms with Crippen molar-refractivity contribution < 1.29 is 9.53 Å². The number of imidazole rings is 1. The summed E-state index contributed by atoms with van der Waals surface area (Å²) < 4.78 is 9.40. The average molecular weight is 433 g/mol. The first-order valence-electron chi connectivity index (χ1n) is 11.1. The van der Waals surface area contributed by atoms with Crippen molar-refractivity contribution in [1.29, 1.82) is 0 Å². The Labute approximate surface area is 187 Å². The zero-order valence-electron chi connectivity index (χ0n) is 19.0. The van der Waals surface area contributed by atoms with Crippen LogP contribution in [0.5, 0.6) is 5.75 Å². The van der Waals surface area contributed by atoms with E-state index in [1.807, 2.05) is 37.1 Å². The zero-order chi connectivity index (χ0) is 22.6. The van der Waals surface area contributed by atoms with Crippen molar-refractivity contribution in [2.24, 2.45) is 0 Å². The van der Waals surface area contributed by atoms with E-state index < -0.39 is 0 Å². The van der Waals surface area contributed by atoms with Gasteiger partial charge in [0.25, 0.3) is 11.5 Å². The third kappa shape index (κ3) is 3.51. The quantitative estimate of drug-likeness (QED) is 0.635. The highest BCUT2D eigenvalue weighted by atomic mass is 16.5. The zero-order valence-corrected chi connectivity index (χ0v) is 19.0. The van der Waals surface area contributed by atoms with E-state index in [9.17, 15) is 9.59 Å². The summed E-state index contributed by atoms with van der Waals surface area (Å²) in [4.78, 5) is 32.5. The summed E-state index contributed by atoms with van der Waals surface area (Å²) in [5.74, 6) is 0.812. The van der Waals surface area contributed by atoms with Gasteiger partial charge in [-0.05, 0) is 69.9 Å². The van der Waals surface area contributed by atoms with Gasteiger partial charge < -0.3 is 18.8 Å². The van der Waals surface area contributed by atoms with Gasteiger partial charge in [-0.2, -0.15) is 0 Å². The van der Waals surface area contributed by atoms with Crippen molar-refractivity contribution in [3.63, 3.8) is 0 Å². The molecule has 1 aromatic carbocycles. The lowest BCUT2D eigenvalue weighted by Gasteiger charge is -2.36. The second kappa shape index (κ2) is 7.36.